The number of hydrogen-bond acceptors (Lipinski definition) is 2. The van der Waals surface area contributed by atoms with Crippen LogP contribution in [0.5, 0.6) is 0 Å². The van der Waals surface area contributed by atoms with Gasteiger partial charge in [0.1, 0.15) is 0 Å². The topological polar surface area (TPSA) is 23.6 Å². The van der Waals surface area contributed by atoms with Crippen molar-refractivity contribution in [3.05, 3.63) is 42.0 Å². The van der Waals surface area contributed by atoms with Gasteiger partial charge in [-0.25, -0.2) is 0 Å². The molecule has 0 N–H and O–H groups in total. The summed E-state index contributed by atoms with van der Waals surface area (Å²) in [6.07, 6.45) is 2.68. The molecule has 3 nitrogen and oxygen atoms in total. The van der Waals surface area contributed by atoms with E-state index in [1.807, 2.05) is 23.1 Å². The van der Waals surface area contributed by atoms with Crippen LogP contribution < -0.4 is 0 Å². The summed E-state index contributed by atoms with van der Waals surface area (Å²) in [5, 5.41) is 0. The van der Waals surface area contributed by atoms with Crippen molar-refractivity contribution in [2.45, 2.75) is 13.3 Å². The first-order valence-electron chi connectivity index (χ1n) is 6.94. The molecule has 0 radical (unpaired) electrons. The number of carbonyl (C=O) groups is 1. The lowest BCUT2D eigenvalue weighted by Crippen LogP contribution is -2.46. The smallest absolute Gasteiger partial charge is 0.246 e. The van der Waals surface area contributed by atoms with Crippen LogP contribution in [0.15, 0.2) is 36.4 Å². The van der Waals surface area contributed by atoms with Gasteiger partial charge in [-0.05, 0) is 24.6 Å². The molecule has 0 aliphatic carbocycles. The maximum Gasteiger partial charge on any atom is 0.246 e. The first-order chi connectivity index (χ1) is 9.20. The normalized spacial score (nSPS) is 17.6. The highest BCUT2D eigenvalue weighted by Gasteiger charge is 2.17. The Hall–Kier alpha value is -1.61. The largest absolute Gasteiger partial charge is 0.337 e. The molecule has 1 aliphatic heterocycles. The van der Waals surface area contributed by atoms with E-state index >= 15 is 0 Å². The van der Waals surface area contributed by atoms with E-state index in [0.717, 1.165) is 43.7 Å². The molecule has 0 aromatic heterocycles. The maximum atomic E-state index is 12.3. The lowest BCUT2D eigenvalue weighted by molar-refractivity contribution is -0.127. The first-order valence-corrected chi connectivity index (χ1v) is 6.94. The lowest BCUT2D eigenvalue weighted by Gasteiger charge is -2.31. The minimum absolute atomic E-state index is 0.147. The van der Waals surface area contributed by atoms with E-state index in [2.05, 4.69) is 31.0 Å². The molecule has 0 atom stereocenters. The van der Waals surface area contributed by atoms with Crippen molar-refractivity contribution in [3.8, 4) is 0 Å². The molecule has 1 saturated heterocycles. The molecule has 1 aliphatic rings. The van der Waals surface area contributed by atoms with Gasteiger partial charge in [-0.3, -0.25) is 4.79 Å². The molecule has 19 heavy (non-hydrogen) atoms. The van der Waals surface area contributed by atoms with Crippen LogP contribution in [0.25, 0.3) is 5.57 Å². The Morgan fingerprint density at radius 1 is 1.16 bits per heavy atom. The third-order valence-corrected chi connectivity index (χ3v) is 3.64. The van der Waals surface area contributed by atoms with Crippen molar-refractivity contribution >= 4 is 11.5 Å². The molecule has 0 saturated carbocycles. The van der Waals surface area contributed by atoms with Gasteiger partial charge in [0.15, 0.2) is 0 Å². The fourth-order valence-electron chi connectivity index (χ4n) is 2.31. The Morgan fingerprint density at radius 2 is 1.79 bits per heavy atom. The van der Waals surface area contributed by atoms with E-state index in [9.17, 15) is 4.79 Å². The summed E-state index contributed by atoms with van der Waals surface area (Å²) in [5.41, 5.74) is 2.26. The summed E-state index contributed by atoms with van der Waals surface area (Å²) in [6, 6.07) is 10.1. The molecular formula is C16H22N2O. The van der Waals surface area contributed by atoms with Gasteiger partial charge in [0, 0.05) is 32.3 Å². The fraction of sp³-hybridized carbons (Fsp3) is 0.438. The van der Waals surface area contributed by atoms with Gasteiger partial charge in [0.2, 0.25) is 5.91 Å². The van der Waals surface area contributed by atoms with Crippen LogP contribution in [0.2, 0.25) is 0 Å². The van der Waals surface area contributed by atoms with Crippen molar-refractivity contribution in [2.75, 3.05) is 33.2 Å². The number of amides is 1. The first kappa shape index (κ1) is 13.8. The van der Waals surface area contributed by atoms with Gasteiger partial charge in [0.25, 0.3) is 0 Å². The fourth-order valence-corrected chi connectivity index (χ4v) is 2.31. The zero-order valence-corrected chi connectivity index (χ0v) is 11.8. The molecule has 102 valence electrons. The maximum absolute atomic E-state index is 12.3. The number of nitrogens with zero attached hydrogens (tertiary/aromatic N) is 2. The quantitative estimate of drug-likeness (QED) is 0.776. The monoisotopic (exact) mass is 258 g/mol. The molecule has 1 aromatic carbocycles. The Labute approximate surface area is 115 Å². The molecule has 3 heteroatoms. The molecule has 2 rings (SSSR count). The molecule has 1 heterocycles. The molecule has 1 amide bonds. The number of piperazine rings is 1. The third-order valence-electron chi connectivity index (χ3n) is 3.64. The van der Waals surface area contributed by atoms with Gasteiger partial charge in [0.05, 0.1) is 0 Å². The van der Waals surface area contributed by atoms with Crippen LogP contribution in [-0.4, -0.2) is 48.9 Å². The van der Waals surface area contributed by atoms with Crippen LogP contribution in [-0.2, 0) is 4.79 Å². The molecular weight excluding hydrogens is 236 g/mol. The van der Waals surface area contributed by atoms with Gasteiger partial charge in [-0.15, -0.1) is 0 Å². The van der Waals surface area contributed by atoms with E-state index in [4.69, 9.17) is 0 Å². The van der Waals surface area contributed by atoms with Crippen molar-refractivity contribution in [2.24, 2.45) is 0 Å². The Bertz CT molecular complexity index is 445. The third kappa shape index (κ3) is 3.67. The average molecular weight is 258 g/mol. The Morgan fingerprint density at radius 3 is 2.37 bits per heavy atom. The summed E-state index contributed by atoms with van der Waals surface area (Å²) in [4.78, 5) is 16.5. The summed E-state index contributed by atoms with van der Waals surface area (Å²) in [6.45, 7) is 5.68. The van der Waals surface area contributed by atoms with Crippen molar-refractivity contribution in [1.29, 1.82) is 0 Å². The SMILES string of the molecule is CC/C(=C\C(=O)N1CCN(C)CC1)c1ccccc1. The summed E-state index contributed by atoms with van der Waals surface area (Å²) >= 11 is 0. The highest BCUT2D eigenvalue weighted by Crippen LogP contribution is 2.18. The van der Waals surface area contributed by atoms with Crippen LogP contribution in [0, 0.1) is 0 Å². The Kier molecular flexibility index (Phi) is 4.74. The van der Waals surface area contributed by atoms with Crippen LogP contribution in [0.4, 0.5) is 0 Å². The van der Waals surface area contributed by atoms with Gasteiger partial charge >= 0.3 is 0 Å². The summed E-state index contributed by atoms with van der Waals surface area (Å²) in [7, 11) is 2.10. The molecule has 0 bridgehead atoms. The van der Waals surface area contributed by atoms with E-state index in [0.29, 0.717) is 0 Å². The summed E-state index contributed by atoms with van der Waals surface area (Å²) < 4.78 is 0. The lowest BCUT2D eigenvalue weighted by atomic mass is 10.0. The van der Waals surface area contributed by atoms with E-state index in [1.165, 1.54) is 0 Å². The molecule has 0 spiro atoms. The molecule has 0 unspecified atom stereocenters. The van der Waals surface area contributed by atoms with E-state index in [1.54, 1.807) is 6.08 Å². The number of benzene rings is 1. The zero-order valence-electron chi connectivity index (χ0n) is 11.8. The van der Waals surface area contributed by atoms with Crippen molar-refractivity contribution in [3.63, 3.8) is 0 Å². The second-order valence-corrected chi connectivity index (χ2v) is 5.02. The zero-order chi connectivity index (χ0) is 13.7. The molecule has 1 aromatic rings. The van der Waals surface area contributed by atoms with Gasteiger partial charge < -0.3 is 9.80 Å². The predicted octanol–water partition coefficient (Wildman–Crippen LogP) is 2.25. The number of allylic oxidation sites excluding steroid dienone is 1. The molecule has 1 fully saturated rings. The predicted molar refractivity (Wildman–Crippen MR) is 78.8 cm³/mol. The second-order valence-electron chi connectivity index (χ2n) is 5.02. The second kappa shape index (κ2) is 6.53. The average Bonchev–Trinajstić information content (AvgIpc) is 2.46. The minimum atomic E-state index is 0.147. The van der Waals surface area contributed by atoms with Crippen LogP contribution in [0.3, 0.4) is 0 Å². The van der Waals surface area contributed by atoms with Crippen LogP contribution in [0.1, 0.15) is 18.9 Å². The van der Waals surface area contributed by atoms with E-state index in [-0.39, 0.29) is 5.91 Å². The highest BCUT2D eigenvalue weighted by molar-refractivity contribution is 5.95. The summed E-state index contributed by atoms with van der Waals surface area (Å²) in [5.74, 6) is 0.147. The standard InChI is InChI=1S/C16H22N2O/c1-3-14(15-7-5-4-6-8-15)13-16(19)18-11-9-17(2)10-12-18/h4-8,13H,3,9-12H2,1-2H3/b14-13+. The van der Waals surface area contributed by atoms with Gasteiger partial charge in [-0.1, -0.05) is 37.3 Å². The van der Waals surface area contributed by atoms with Crippen LogP contribution >= 0.6 is 0 Å². The number of carbonyl (C=O) groups excluding carboxylic acids is 1. The van der Waals surface area contributed by atoms with Crippen molar-refractivity contribution < 1.29 is 4.79 Å². The number of rotatable bonds is 3. The number of likely N-dealkylation sites (N-methyl/N-ethyl adjacent to an activating group) is 1. The minimum Gasteiger partial charge on any atom is -0.337 e. The number of hydrogen-bond donors (Lipinski definition) is 0. The van der Waals surface area contributed by atoms with E-state index < -0.39 is 0 Å². The Balaban J connectivity index is 2.08. The van der Waals surface area contributed by atoms with Gasteiger partial charge in [-0.2, -0.15) is 0 Å². The highest BCUT2D eigenvalue weighted by atomic mass is 16.2. The van der Waals surface area contributed by atoms with Crippen molar-refractivity contribution in [1.82, 2.24) is 9.80 Å².